The Morgan fingerprint density at radius 3 is 2.55 bits per heavy atom. The quantitative estimate of drug-likeness (QED) is 0.358. The molecule has 0 saturated heterocycles. The molecule has 2 saturated carbocycles. The van der Waals surface area contributed by atoms with Crippen LogP contribution in [0.2, 0.25) is 0 Å². The predicted octanol–water partition coefficient (Wildman–Crippen LogP) is 5.26. The summed E-state index contributed by atoms with van der Waals surface area (Å²) >= 11 is 1.74. The van der Waals surface area contributed by atoms with E-state index in [1.807, 2.05) is 0 Å². The third-order valence-electron chi connectivity index (χ3n) is 7.81. The Morgan fingerprint density at radius 1 is 1.19 bits per heavy atom. The van der Waals surface area contributed by atoms with Crippen molar-refractivity contribution in [2.24, 2.45) is 17.8 Å². The number of thiophene rings is 1. The van der Waals surface area contributed by atoms with Crippen LogP contribution in [0.15, 0.2) is 17.5 Å². The number of aliphatic carboxylic acids is 1. The summed E-state index contributed by atoms with van der Waals surface area (Å²) in [5.41, 5.74) is -0.0625. The number of nitrogens with zero attached hydrogens (tertiary/aromatic N) is 1. The van der Waals surface area contributed by atoms with Gasteiger partial charge in [0.25, 0.3) is 0 Å². The first-order valence-corrected chi connectivity index (χ1v) is 12.9. The van der Waals surface area contributed by atoms with E-state index in [1.165, 1.54) is 11.3 Å². The van der Waals surface area contributed by atoms with Crippen molar-refractivity contribution in [2.45, 2.75) is 101 Å². The minimum absolute atomic E-state index is 0.0625. The molecule has 31 heavy (non-hydrogen) atoms. The number of hydrogen-bond donors (Lipinski definition) is 3. The van der Waals surface area contributed by atoms with Gasteiger partial charge in [0.05, 0.1) is 24.2 Å². The van der Waals surface area contributed by atoms with E-state index in [2.05, 4.69) is 23.6 Å². The Bertz CT molecular complexity index is 724. The number of aliphatic hydroxyl groups is 2. The van der Waals surface area contributed by atoms with E-state index >= 15 is 0 Å². The average molecular weight is 448 g/mol. The fraction of sp³-hybridized carbons (Fsp3) is 0.760. The van der Waals surface area contributed by atoms with Gasteiger partial charge in [0.2, 0.25) is 0 Å². The molecule has 3 N–H and O–H groups in total. The van der Waals surface area contributed by atoms with E-state index in [9.17, 15) is 20.3 Å². The van der Waals surface area contributed by atoms with Gasteiger partial charge >= 0.3 is 5.97 Å². The first-order valence-electron chi connectivity index (χ1n) is 12.0. The van der Waals surface area contributed by atoms with Crippen molar-refractivity contribution in [1.29, 1.82) is 5.26 Å². The van der Waals surface area contributed by atoms with Crippen molar-refractivity contribution in [2.75, 3.05) is 0 Å². The van der Waals surface area contributed by atoms with E-state index in [1.54, 1.807) is 11.3 Å². The minimum Gasteiger partial charge on any atom is -0.481 e. The van der Waals surface area contributed by atoms with Crippen LogP contribution in [0.3, 0.4) is 0 Å². The number of aliphatic hydroxyl groups excluding tert-OH is 2. The summed E-state index contributed by atoms with van der Waals surface area (Å²) in [6.45, 7) is 0. The summed E-state index contributed by atoms with van der Waals surface area (Å²) in [5.74, 6) is -0.483. The van der Waals surface area contributed by atoms with E-state index < -0.39 is 12.1 Å². The van der Waals surface area contributed by atoms with Crippen LogP contribution in [0.1, 0.15) is 88.3 Å². The topological polar surface area (TPSA) is 102 Å². The molecular weight excluding hydrogens is 410 g/mol. The van der Waals surface area contributed by atoms with Crippen LogP contribution in [-0.2, 0) is 10.2 Å². The summed E-state index contributed by atoms with van der Waals surface area (Å²) in [7, 11) is 0. The van der Waals surface area contributed by atoms with Gasteiger partial charge < -0.3 is 15.3 Å². The lowest BCUT2D eigenvalue weighted by Gasteiger charge is -2.45. The second kappa shape index (κ2) is 11.4. The smallest absolute Gasteiger partial charge is 0.303 e. The number of carboxylic acids is 1. The van der Waals surface area contributed by atoms with E-state index in [-0.39, 0.29) is 35.7 Å². The molecule has 2 unspecified atom stereocenters. The maximum atomic E-state index is 11.0. The summed E-state index contributed by atoms with van der Waals surface area (Å²) in [6.07, 6.45) is 10.3. The van der Waals surface area contributed by atoms with Crippen molar-refractivity contribution in [3.63, 3.8) is 0 Å². The number of rotatable bonds is 13. The van der Waals surface area contributed by atoms with Gasteiger partial charge in [-0.3, -0.25) is 4.79 Å². The number of carboxylic acid groups (broad SMARTS) is 1. The number of nitriles is 1. The molecule has 5 atom stereocenters. The van der Waals surface area contributed by atoms with Crippen LogP contribution in [0, 0.1) is 29.1 Å². The highest BCUT2D eigenvalue weighted by atomic mass is 32.1. The average Bonchev–Trinajstić information content (AvgIpc) is 3.33. The van der Waals surface area contributed by atoms with Crippen LogP contribution in [0.25, 0.3) is 0 Å². The van der Waals surface area contributed by atoms with Gasteiger partial charge in [-0.05, 0) is 68.2 Å². The van der Waals surface area contributed by atoms with E-state index in [0.29, 0.717) is 12.8 Å². The zero-order chi connectivity index (χ0) is 22.3. The van der Waals surface area contributed by atoms with E-state index in [0.717, 1.165) is 57.8 Å². The molecule has 6 heteroatoms. The Hall–Kier alpha value is -1.42. The maximum Gasteiger partial charge on any atom is 0.303 e. The molecule has 172 valence electrons. The SMILES string of the molecule is N#C[C@@H]1C[C@@H](O)C(CCCC(O)C2(c3cccs3)CCC2)[C@H]1CCCCCCC(=O)O. The van der Waals surface area contributed by atoms with Crippen LogP contribution in [-0.4, -0.2) is 33.5 Å². The molecule has 0 bridgehead atoms. The standard InChI is InChI=1S/C25H37NO4S/c26-17-18-16-21(27)20(19(18)8-3-1-2-4-12-24(29)30)9-5-10-22(28)25(13-7-14-25)23-11-6-15-31-23/h6,11,15,18-22,27-28H,1-5,7-10,12-14,16H2,(H,29,30)/t18-,19-,20?,21+,22?/m0/s1. The van der Waals surface area contributed by atoms with Gasteiger partial charge in [-0.1, -0.05) is 38.2 Å². The van der Waals surface area contributed by atoms with Crippen LogP contribution in [0.4, 0.5) is 0 Å². The Balaban J connectivity index is 1.47. The molecule has 2 fully saturated rings. The second-order valence-corrected chi connectivity index (χ2v) is 10.6. The molecule has 0 amide bonds. The van der Waals surface area contributed by atoms with E-state index in [4.69, 9.17) is 5.11 Å². The highest BCUT2D eigenvalue weighted by Gasteiger charge is 2.46. The number of unbranched alkanes of at least 4 members (excludes halogenated alkanes) is 3. The molecule has 1 aromatic rings. The fourth-order valence-electron chi connectivity index (χ4n) is 5.86. The fourth-order valence-corrected chi connectivity index (χ4v) is 6.90. The highest BCUT2D eigenvalue weighted by molar-refractivity contribution is 7.10. The summed E-state index contributed by atoms with van der Waals surface area (Å²) in [6, 6.07) is 6.63. The van der Waals surface area contributed by atoms with Gasteiger partial charge in [-0.2, -0.15) is 5.26 Å². The zero-order valence-electron chi connectivity index (χ0n) is 18.4. The molecule has 0 aliphatic heterocycles. The third kappa shape index (κ3) is 5.88. The zero-order valence-corrected chi connectivity index (χ0v) is 19.2. The molecule has 0 spiro atoms. The Morgan fingerprint density at radius 2 is 1.94 bits per heavy atom. The summed E-state index contributed by atoms with van der Waals surface area (Å²) < 4.78 is 0. The monoisotopic (exact) mass is 447 g/mol. The van der Waals surface area contributed by atoms with Crippen LogP contribution >= 0.6 is 11.3 Å². The minimum atomic E-state index is -0.742. The molecule has 5 nitrogen and oxygen atoms in total. The molecule has 1 aromatic heterocycles. The Kier molecular flexibility index (Phi) is 8.95. The maximum absolute atomic E-state index is 11.0. The lowest BCUT2D eigenvalue weighted by Crippen LogP contribution is -2.45. The lowest BCUT2D eigenvalue weighted by molar-refractivity contribution is -0.137. The van der Waals surface area contributed by atoms with Gasteiger partial charge in [0.1, 0.15) is 0 Å². The summed E-state index contributed by atoms with van der Waals surface area (Å²) in [5, 5.41) is 42.0. The molecular formula is C25H37NO4S. The highest BCUT2D eigenvalue weighted by Crippen LogP contribution is 2.50. The van der Waals surface area contributed by atoms with Gasteiger partial charge in [-0.25, -0.2) is 0 Å². The van der Waals surface area contributed by atoms with Crippen molar-refractivity contribution >= 4 is 17.3 Å². The molecule has 3 rings (SSSR count). The predicted molar refractivity (Wildman–Crippen MR) is 122 cm³/mol. The third-order valence-corrected chi connectivity index (χ3v) is 8.90. The lowest BCUT2D eigenvalue weighted by atomic mass is 9.63. The molecule has 1 heterocycles. The first-order chi connectivity index (χ1) is 15.0. The van der Waals surface area contributed by atoms with Crippen molar-refractivity contribution < 1.29 is 20.1 Å². The largest absolute Gasteiger partial charge is 0.481 e. The second-order valence-electron chi connectivity index (χ2n) is 9.65. The normalized spacial score (nSPS) is 28.0. The molecule has 2 aliphatic carbocycles. The van der Waals surface area contributed by atoms with Gasteiger partial charge in [0, 0.05) is 16.7 Å². The number of hydrogen-bond acceptors (Lipinski definition) is 5. The van der Waals surface area contributed by atoms with Crippen LogP contribution < -0.4 is 0 Å². The molecule has 0 radical (unpaired) electrons. The van der Waals surface area contributed by atoms with Gasteiger partial charge in [0.15, 0.2) is 0 Å². The number of carbonyl (C=O) groups is 1. The first kappa shape index (κ1) is 24.2. The van der Waals surface area contributed by atoms with Crippen molar-refractivity contribution in [3.05, 3.63) is 22.4 Å². The Labute approximate surface area is 190 Å². The summed E-state index contributed by atoms with van der Waals surface area (Å²) in [4.78, 5) is 11.9. The van der Waals surface area contributed by atoms with Crippen molar-refractivity contribution in [3.8, 4) is 6.07 Å². The van der Waals surface area contributed by atoms with Crippen molar-refractivity contribution in [1.82, 2.24) is 0 Å². The van der Waals surface area contributed by atoms with Crippen LogP contribution in [0.5, 0.6) is 0 Å². The molecule has 2 aliphatic rings. The van der Waals surface area contributed by atoms with Gasteiger partial charge in [-0.15, -0.1) is 11.3 Å². The molecule has 0 aromatic carbocycles.